The number of nitrogens with zero attached hydrogens (tertiary/aromatic N) is 1. The number of hydrogen-bond donors (Lipinski definition) is 2. The monoisotopic (exact) mass is 252 g/mol. The third kappa shape index (κ3) is 2.22. The zero-order chi connectivity index (χ0) is 13.3. The lowest BCUT2D eigenvalue weighted by Gasteiger charge is -2.12. The molecule has 0 saturated heterocycles. The number of nitrogens with one attached hydrogen (secondary N) is 1. The van der Waals surface area contributed by atoms with Crippen LogP contribution in [0, 0.1) is 11.6 Å². The molecular formula is C12H10F2N2O2. The average molecular weight is 252 g/mol. The van der Waals surface area contributed by atoms with Gasteiger partial charge in [0.1, 0.15) is 23.5 Å². The minimum absolute atomic E-state index is 0.0759. The summed E-state index contributed by atoms with van der Waals surface area (Å²) in [4.78, 5) is 14.6. The maximum Gasteiger partial charge on any atom is 0.325 e. The van der Waals surface area contributed by atoms with Gasteiger partial charge in [0.25, 0.3) is 0 Å². The van der Waals surface area contributed by atoms with Crippen molar-refractivity contribution in [3.05, 3.63) is 36.0 Å². The van der Waals surface area contributed by atoms with Crippen molar-refractivity contribution in [2.45, 2.75) is 13.0 Å². The van der Waals surface area contributed by atoms with E-state index in [0.717, 1.165) is 12.1 Å². The highest BCUT2D eigenvalue weighted by atomic mass is 19.1. The van der Waals surface area contributed by atoms with Crippen LogP contribution in [0.1, 0.15) is 6.92 Å². The van der Waals surface area contributed by atoms with Gasteiger partial charge >= 0.3 is 5.97 Å². The van der Waals surface area contributed by atoms with Crippen LogP contribution in [-0.4, -0.2) is 22.1 Å². The van der Waals surface area contributed by atoms with Crippen molar-refractivity contribution in [3.8, 4) is 0 Å². The Balaban J connectivity index is 2.55. The first-order valence-electron chi connectivity index (χ1n) is 5.22. The van der Waals surface area contributed by atoms with Crippen LogP contribution in [0.5, 0.6) is 0 Å². The molecule has 0 spiro atoms. The molecule has 1 unspecified atom stereocenters. The quantitative estimate of drug-likeness (QED) is 0.880. The Bertz CT molecular complexity index is 616. The molecule has 1 aromatic carbocycles. The van der Waals surface area contributed by atoms with Crippen molar-refractivity contribution >= 4 is 22.6 Å². The molecule has 0 aliphatic carbocycles. The Kier molecular flexibility index (Phi) is 3.10. The summed E-state index contributed by atoms with van der Waals surface area (Å²) in [6, 6.07) is 2.43. The van der Waals surface area contributed by atoms with Gasteiger partial charge < -0.3 is 10.4 Å². The molecule has 2 aromatic rings. The first kappa shape index (κ1) is 12.2. The van der Waals surface area contributed by atoms with Gasteiger partial charge in [-0.25, -0.2) is 13.8 Å². The summed E-state index contributed by atoms with van der Waals surface area (Å²) in [6.45, 7) is 1.41. The SMILES string of the molecule is CC(Nc1nccc2cc(F)cc(F)c12)C(=O)O. The Morgan fingerprint density at radius 2 is 2.17 bits per heavy atom. The number of carboxylic acid groups (broad SMARTS) is 1. The lowest BCUT2D eigenvalue weighted by atomic mass is 10.1. The van der Waals surface area contributed by atoms with Gasteiger partial charge in [-0.2, -0.15) is 0 Å². The molecule has 1 aromatic heterocycles. The normalized spacial score (nSPS) is 12.4. The van der Waals surface area contributed by atoms with Crippen molar-refractivity contribution in [1.82, 2.24) is 4.98 Å². The highest BCUT2D eigenvalue weighted by molar-refractivity contribution is 5.93. The molecule has 0 fully saturated rings. The number of hydrogen-bond acceptors (Lipinski definition) is 3. The number of carbonyl (C=O) groups is 1. The second-order valence-corrected chi connectivity index (χ2v) is 3.85. The molecule has 0 aliphatic rings. The molecule has 94 valence electrons. The molecule has 0 amide bonds. The minimum Gasteiger partial charge on any atom is -0.480 e. The first-order chi connectivity index (χ1) is 8.49. The van der Waals surface area contributed by atoms with E-state index in [4.69, 9.17) is 5.11 Å². The first-order valence-corrected chi connectivity index (χ1v) is 5.22. The van der Waals surface area contributed by atoms with E-state index in [1.54, 1.807) is 0 Å². The van der Waals surface area contributed by atoms with Crippen molar-refractivity contribution in [2.24, 2.45) is 0 Å². The Morgan fingerprint density at radius 1 is 1.44 bits per heavy atom. The summed E-state index contributed by atoms with van der Waals surface area (Å²) in [5.74, 6) is -2.47. The van der Waals surface area contributed by atoms with Crippen molar-refractivity contribution in [2.75, 3.05) is 5.32 Å². The number of fused-ring (bicyclic) bond motifs is 1. The van der Waals surface area contributed by atoms with Gasteiger partial charge in [0.05, 0.1) is 5.39 Å². The van der Waals surface area contributed by atoms with E-state index in [1.807, 2.05) is 0 Å². The molecule has 0 bridgehead atoms. The molecular weight excluding hydrogens is 242 g/mol. The summed E-state index contributed by atoms with van der Waals surface area (Å²) >= 11 is 0. The van der Waals surface area contributed by atoms with E-state index in [9.17, 15) is 13.6 Å². The van der Waals surface area contributed by atoms with Gasteiger partial charge in [0.2, 0.25) is 0 Å². The number of halogens is 2. The molecule has 0 saturated carbocycles. The maximum atomic E-state index is 13.7. The Hall–Kier alpha value is -2.24. The van der Waals surface area contributed by atoms with E-state index in [0.29, 0.717) is 5.39 Å². The van der Waals surface area contributed by atoms with Gasteiger partial charge in [-0.05, 0) is 24.4 Å². The standard InChI is InChI=1S/C12H10F2N2O2/c1-6(12(17)18)16-11-10-7(2-3-15-11)4-8(13)5-9(10)14/h2-6H,1H3,(H,15,16)(H,17,18). The molecule has 18 heavy (non-hydrogen) atoms. The molecule has 6 heteroatoms. The Morgan fingerprint density at radius 3 is 2.83 bits per heavy atom. The number of pyridine rings is 1. The molecule has 0 radical (unpaired) electrons. The lowest BCUT2D eigenvalue weighted by Crippen LogP contribution is -2.26. The molecule has 0 aliphatic heterocycles. The summed E-state index contributed by atoms with van der Waals surface area (Å²) in [5, 5.41) is 11.8. The van der Waals surface area contributed by atoms with Crippen molar-refractivity contribution < 1.29 is 18.7 Å². The van der Waals surface area contributed by atoms with Crippen LogP contribution in [0.4, 0.5) is 14.6 Å². The number of rotatable bonds is 3. The smallest absolute Gasteiger partial charge is 0.325 e. The van der Waals surface area contributed by atoms with E-state index in [-0.39, 0.29) is 11.2 Å². The topological polar surface area (TPSA) is 62.2 Å². The molecule has 4 nitrogen and oxygen atoms in total. The Labute approximate surface area is 101 Å². The van der Waals surface area contributed by atoms with Gasteiger partial charge in [0.15, 0.2) is 0 Å². The fourth-order valence-corrected chi connectivity index (χ4v) is 1.61. The fraction of sp³-hybridized carbons (Fsp3) is 0.167. The van der Waals surface area contributed by atoms with Crippen molar-refractivity contribution in [1.29, 1.82) is 0 Å². The minimum atomic E-state index is -1.09. The predicted molar refractivity (Wildman–Crippen MR) is 62.4 cm³/mol. The third-order valence-corrected chi connectivity index (χ3v) is 2.50. The largest absolute Gasteiger partial charge is 0.480 e. The molecule has 1 atom stereocenters. The van der Waals surface area contributed by atoms with Crippen molar-refractivity contribution in [3.63, 3.8) is 0 Å². The van der Waals surface area contributed by atoms with Crippen LogP contribution in [0.25, 0.3) is 10.8 Å². The number of benzene rings is 1. The average Bonchev–Trinajstić information content (AvgIpc) is 2.27. The van der Waals surface area contributed by atoms with Crippen LogP contribution in [-0.2, 0) is 4.79 Å². The van der Waals surface area contributed by atoms with Crippen LogP contribution >= 0.6 is 0 Å². The summed E-state index contributed by atoms with van der Waals surface area (Å²) < 4.78 is 26.7. The van der Waals surface area contributed by atoms with Crippen LogP contribution in [0.15, 0.2) is 24.4 Å². The zero-order valence-corrected chi connectivity index (χ0v) is 9.45. The number of carboxylic acids is 1. The lowest BCUT2D eigenvalue weighted by molar-refractivity contribution is -0.137. The summed E-state index contributed by atoms with van der Waals surface area (Å²) in [6.07, 6.45) is 1.36. The fourth-order valence-electron chi connectivity index (χ4n) is 1.61. The van der Waals surface area contributed by atoms with Gasteiger partial charge in [0, 0.05) is 12.3 Å². The zero-order valence-electron chi connectivity index (χ0n) is 9.45. The second kappa shape index (κ2) is 4.56. The van der Waals surface area contributed by atoms with Gasteiger partial charge in [-0.1, -0.05) is 0 Å². The highest BCUT2D eigenvalue weighted by Crippen LogP contribution is 2.25. The van der Waals surface area contributed by atoms with Crippen LogP contribution in [0.2, 0.25) is 0 Å². The number of anilines is 1. The van der Waals surface area contributed by atoms with E-state index < -0.39 is 23.6 Å². The second-order valence-electron chi connectivity index (χ2n) is 3.85. The van der Waals surface area contributed by atoms with Gasteiger partial charge in [-0.3, -0.25) is 4.79 Å². The number of aliphatic carboxylic acids is 1. The van der Waals surface area contributed by atoms with E-state index in [1.165, 1.54) is 19.2 Å². The molecule has 2 N–H and O–H groups in total. The predicted octanol–water partition coefficient (Wildman–Crippen LogP) is 2.40. The van der Waals surface area contributed by atoms with E-state index >= 15 is 0 Å². The third-order valence-electron chi connectivity index (χ3n) is 2.50. The van der Waals surface area contributed by atoms with Crippen LogP contribution in [0.3, 0.4) is 0 Å². The van der Waals surface area contributed by atoms with Crippen LogP contribution < -0.4 is 5.32 Å². The number of aromatic nitrogens is 1. The summed E-state index contributed by atoms with van der Waals surface area (Å²) in [5.41, 5.74) is 0. The summed E-state index contributed by atoms with van der Waals surface area (Å²) in [7, 11) is 0. The van der Waals surface area contributed by atoms with E-state index in [2.05, 4.69) is 10.3 Å². The maximum absolute atomic E-state index is 13.7. The highest BCUT2D eigenvalue weighted by Gasteiger charge is 2.15. The van der Waals surface area contributed by atoms with Gasteiger partial charge in [-0.15, -0.1) is 0 Å². The molecule has 2 rings (SSSR count). The molecule has 1 heterocycles.